The molecule has 2 aliphatic heterocycles. The molecule has 2 aliphatic rings. The molecule has 0 radical (unpaired) electrons. The Morgan fingerprint density at radius 2 is 1.95 bits per heavy atom. The maximum Gasteiger partial charge on any atom is 0.114 e. The van der Waals surface area contributed by atoms with Crippen LogP contribution < -0.4 is 5.32 Å². The van der Waals surface area contributed by atoms with E-state index in [4.69, 9.17) is 4.98 Å². The van der Waals surface area contributed by atoms with Crippen molar-refractivity contribution < 1.29 is 0 Å². The summed E-state index contributed by atoms with van der Waals surface area (Å²) in [5.41, 5.74) is 2.92. The molecule has 0 aromatic carbocycles. The molecule has 0 bridgehead atoms. The molecule has 0 amide bonds. The van der Waals surface area contributed by atoms with E-state index < -0.39 is 0 Å². The molecule has 1 fully saturated rings. The summed E-state index contributed by atoms with van der Waals surface area (Å²) >= 11 is 0. The fourth-order valence-corrected chi connectivity index (χ4v) is 3.64. The standard InChI is InChI=1S/C17H30N4/c1-17(2,3)16-19-14-11-18-8-5-15(14)21(16)12-13-6-9-20(4)10-7-13/h13,18H,5-12H2,1-4H3. The number of aromatic nitrogens is 2. The van der Waals surface area contributed by atoms with Crippen LogP contribution in [0.2, 0.25) is 0 Å². The number of rotatable bonds is 2. The number of fused-ring (bicyclic) bond motifs is 1. The van der Waals surface area contributed by atoms with Gasteiger partial charge in [-0.1, -0.05) is 20.8 Å². The average Bonchev–Trinajstić information content (AvgIpc) is 2.81. The van der Waals surface area contributed by atoms with Crippen LogP contribution >= 0.6 is 0 Å². The molecule has 1 aromatic heterocycles. The van der Waals surface area contributed by atoms with E-state index in [1.54, 1.807) is 0 Å². The summed E-state index contributed by atoms with van der Waals surface area (Å²) < 4.78 is 2.58. The van der Waals surface area contributed by atoms with Crippen LogP contribution in [-0.4, -0.2) is 41.1 Å². The first-order valence-corrected chi connectivity index (χ1v) is 8.43. The van der Waals surface area contributed by atoms with Crippen LogP contribution in [-0.2, 0) is 24.9 Å². The number of piperidine rings is 1. The largest absolute Gasteiger partial charge is 0.331 e. The number of hydrogen-bond acceptors (Lipinski definition) is 3. The van der Waals surface area contributed by atoms with E-state index in [0.717, 1.165) is 25.4 Å². The van der Waals surface area contributed by atoms with Crippen LogP contribution in [0.25, 0.3) is 0 Å². The molecular formula is C17H30N4. The highest BCUT2D eigenvalue weighted by Crippen LogP contribution is 2.29. The minimum absolute atomic E-state index is 0.128. The summed E-state index contributed by atoms with van der Waals surface area (Å²) in [7, 11) is 2.24. The van der Waals surface area contributed by atoms with Crippen molar-refractivity contribution in [2.24, 2.45) is 5.92 Å². The van der Waals surface area contributed by atoms with Crippen molar-refractivity contribution in [3.63, 3.8) is 0 Å². The molecule has 0 unspecified atom stereocenters. The Morgan fingerprint density at radius 3 is 2.62 bits per heavy atom. The number of nitrogens with one attached hydrogen (secondary N) is 1. The van der Waals surface area contributed by atoms with Crippen molar-refractivity contribution in [2.75, 3.05) is 26.7 Å². The van der Waals surface area contributed by atoms with Crippen LogP contribution in [0.3, 0.4) is 0 Å². The van der Waals surface area contributed by atoms with Gasteiger partial charge in [-0.2, -0.15) is 0 Å². The third-order valence-corrected chi connectivity index (χ3v) is 4.94. The Bertz CT molecular complexity index is 490. The number of likely N-dealkylation sites (tertiary alicyclic amines) is 1. The summed E-state index contributed by atoms with van der Waals surface area (Å²) in [6.07, 6.45) is 3.78. The lowest BCUT2D eigenvalue weighted by Crippen LogP contribution is -2.33. The number of imidazole rings is 1. The van der Waals surface area contributed by atoms with Crippen molar-refractivity contribution in [1.82, 2.24) is 19.8 Å². The second kappa shape index (κ2) is 5.73. The van der Waals surface area contributed by atoms with Gasteiger partial charge in [-0.25, -0.2) is 4.98 Å². The highest BCUT2D eigenvalue weighted by atomic mass is 15.1. The summed E-state index contributed by atoms with van der Waals surface area (Å²) in [4.78, 5) is 7.45. The van der Waals surface area contributed by atoms with E-state index in [2.05, 4.69) is 42.6 Å². The monoisotopic (exact) mass is 290 g/mol. The number of nitrogens with zero attached hydrogens (tertiary/aromatic N) is 3. The summed E-state index contributed by atoms with van der Waals surface area (Å²) in [5, 5.41) is 3.46. The van der Waals surface area contributed by atoms with Crippen LogP contribution in [0.4, 0.5) is 0 Å². The zero-order valence-corrected chi connectivity index (χ0v) is 14.1. The predicted octanol–water partition coefficient (Wildman–Crippen LogP) is 2.17. The molecular weight excluding hydrogens is 260 g/mol. The van der Waals surface area contributed by atoms with Gasteiger partial charge >= 0.3 is 0 Å². The maximum absolute atomic E-state index is 4.99. The van der Waals surface area contributed by atoms with Crippen molar-refractivity contribution in [1.29, 1.82) is 0 Å². The first-order valence-electron chi connectivity index (χ1n) is 8.43. The van der Waals surface area contributed by atoms with Crippen molar-refractivity contribution in [3.05, 3.63) is 17.2 Å². The lowest BCUT2D eigenvalue weighted by molar-refractivity contribution is 0.202. The van der Waals surface area contributed by atoms with Crippen molar-refractivity contribution in [3.8, 4) is 0 Å². The fourth-order valence-electron chi connectivity index (χ4n) is 3.64. The van der Waals surface area contributed by atoms with Crippen LogP contribution in [0.5, 0.6) is 0 Å². The van der Waals surface area contributed by atoms with E-state index in [0.29, 0.717) is 0 Å². The first kappa shape index (κ1) is 15.0. The van der Waals surface area contributed by atoms with Crippen molar-refractivity contribution >= 4 is 0 Å². The Kier molecular flexibility index (Phi) is 4.10. The lowest BCUT2D eigenvalue weighted by atomic mass is 9.93. The normalized spacial score (nSPS) is 21.5. The Balaban J connectivity index is 1.87. The third-order valence-electron chi connectivity index (χ3n) is 4.94. The van der Waals surface area contributed by atoms with Gasteiger partial charge in [0.25, 0.3) is 0 Å². The average molecular weight is 290 g/mol. The molecule has 3 heterocycles. The first-order chi connectivity index (χ1) is 9.95. The molecule has 21 heavy (non-hydrogen) atoms. The van der Waals surface area contributed by atoms with Gasteiger partial charge in [-0.05, 0) is 38.9 Å². The molecule has 118 valence electrons. The van der Waals surface area contributed by atoms with E-state index in [9.17, 15) is 0 Å². The smallest absolute Gasteiger partial charge is 0.114 e. The SMILES string of the molecule is CN1CCC(Cn2c(C(C)(C)C)nc3c2CCNC3)CC1. The second-order valence-corrected chi connectivity index (χ2v) is 7.86. The van der Waals surface area contributed by atoms with Gasteiger partial charge in [0.2, 0.25) is 0 Å². The summed E-state index contributed by atoms with van der Waals surface area (Å²) in [6, 6.07) is 0. The Labute approximate surface area is 128 Å². The van der Waals surface area contributed by atoms with E-state index in [1.165, 1.54) is 49.7 Å². The molecule has 1 saturated heterocycles. The summed E-state index contributed by atoms with van der Waals surface area (Å²) in [5.74, 6) is 2.10. The molecule has 0 saturated carbocycles. The molecule has 0 spiro atoms. The van der Waals surface area contributed by atoms with E-state index >= 15 is 0 Å². The Hall–Kier alpha value is -0.870. The lowest BCUT2D eigenvalue weighted by Gasteiger charge is -2.31. The molecule has 4 nitrogen and oxygen atoms in total. The van der Waals surface area contributed by atoms with Gasteiger partial charge in [0, 0.05) is 37.2 Å². The topological polar surface area (TPSA) is 33.1 Å². The van der Waals surface area contributed by atoms with E-state index in [-0.39, 0.29) is 5.41 Å². The van der Waals surface area contributed by atoms with Gasteiger partial charge in [0.15, 0.2) is 0 Å². The molecule has 1 N–H and O–H groups in total. The molecule has 0 atom stereocenters. The van der Waals surface area contributed by atoms with E-state index in [1.807, 2.05) is 0 Å². The van der Waals surface area contributed by atoms with Gasteiger partial charge in [0.05, 0.1) is 5.69 Å². The molecule has 0 aliphatic carbocycles. The predicted molar refractivity (Wildman–Crippen MR) is 86.6 cm³/mol. The molecule has 1 aromatic rings. The van der Waals surface area contributed by atoms with Crippen LogP contribution in [0.15, 0.2) is 0 Å². The molecule has 4 heteroatoms. The quantitative estimate of drug-likeness (QED) is 0.906. The fraction of sp³-hybridized carbons (Fsp3) is 0.824. The van der Waals surface area contributed by atoms with Crippen LogP contribution in [0.1, 0.15) is 50.8 Å². The zero-order chi connectivity index (χ0) is 15.0. The third kappa shape index (κ3) is 3.16. The maximum atomic E-state index is 4.99. The minimum Gasteiger partial charge on any atom is -0.331 e. The van der Waals surface area contributed by atoms with Crippen molar-refractivity contribution in [2.45, 2.75) is 58.5 Å². The second-order valence-electron chi connectivity index (χ2n) is 7.86. The zero-order valence-electron chi connectivity index (χ0n) is 14.1. The van der Waals surface area contributed by atoms with Crippen LogP contribution in [0, 0.1) is 5.92 Å². The van der Waals surface area contributed by atoms with Gasteiger partial charge in [-0.3, -0.25) is 0 Å². The Morgan fingerprint density at radius 1 is 1.24 bits per heavy atom. The van der Waals surface area contributed by atoms with Gasteiger partial charge in [-0.15, -0.1) is 0 Å². The van der Waals surface area contributed by atoms with Gasteiger partial charge < -0.3 is 14.8 Å². The highest BCUT2D eigenvalue weighted by molar-refractivity contribution is 5.23. The summed E-state index contributed by atoms with van der Waals surface area (Å²) in [6.45, 7) is 12.6. The number of hydrogen-bond donors (Lipinski definition) is 1. The highest BCUT2D eigenvalue weighted by Gasteiger charge is 2.28. The minimum atomic E-state index is 0.128. The van der Waals surface area contributed by atoms with Gasteiger partial charge in [0.1, 0.15) is 5.82 Å². The molecule has 3 rings (SSSR count).